The van der Waals surface area contributed by atoms with E-state index in [-0.39, 0.29) is 5.75 Å². The Bertz CT molecular complexity index is 352. The van der Waals surface area contributed by atoms with Gasteiger partial charge < -0.3 is 15.6 Å². The Morgan fingerprint density at radius 1 is 1.53 bits per heavy atom. The van der Waals surface area contributed by atoms with Crippen LogP contribution < -0.4 is 10.5 Å². The predicted octanol–water partition coefficient (Wildman–Crippen LogP) is 2.01. The molecular formula is C11H15NO2S. The molecule has 0 radical (unpaired) electrons. The molecular weight excluding hydrogens is 210 g/mol. The molecule has 15 heavy (non-hydrogen) atoms. The zero-order valence-corrected chi connectivity index (χ0v) is 9.51. The molecule has 4 heteroatoms. The molecule has 3 N–H and O–H groups in total. The summed E-state index contributed by atoms with van der Waals surface area (Å²) < 4.78 is 5.01. The van der Waals surface area contributed by atoms with Crippen LogP contribution in [0.25, 0.3) is 0 Å². The lowest BCUT2D eigenvalue weighted by Gasteiger charge is -2.08. The largest absolute Gasteiger partial charge is 0.504 e. The first-order valence-corrected chi connectivity index (χ1v) is 5.19. The van der Waals surface area contributed by atoms with Crippen LogP contribution in [-0.4, -0.2) is 17.2 Å². The summed E-state index contributed by atoms with van der Waals surface area (Å²) in [4.78, 5) is 0.511. The topological polar surface area (TPSA) is 55.5 Å². The minimum atomic E-state index is 0.211. The number of thiocarbonyl (C=S) groups is 1. The van der Waals surface area contributed by atoms with Crippen molar-refractivity contribution in [2.24, 2.45) is 5.73 Å². The lowest BCUT2D eigenvalue weighted by atomic mass is 10.1. The molecule has 0 amide bonds. The number of phenolic OH excluding ortho intramolecular Hbond substituents is 1. The average molecular weight is 225 g/mol. The van der Waals surface area contributed by atoms with Gasteiger partial charge in [-0.1, -0.05) is 24.4 Å². The van der Waals surface area contributed by atoms with E-state index >= 15 is 0 Å². The van der Waals surface area contributed by atoms with Crippen LogP contribution in [-0.2, 0) is 6.42 Å². The van der Waals surface area contributed by atoms with E-state index in [1.165, 1.54) is 7.11 Å². The third kappa shape index (κ3) is 3.40. The Labute approximate surface area is 94.9 Å². The second-order valence-electron chi connectivity index (χ2n) is 3.29. The van der Waals surface area contributed by atoms with Crippen molar-refractivity contribution < 1.29 is 9.84 Å². The number of aryl methyl sites for hydroxylation is 1. The van der Waals surface area contributed by atoms with Gasteiger partial charge in [-0.15, -0.1) is 0 Å². The van der Waals surface area contributed by atoms with Gasteiger partial charge in [0.2, 0.25) is 0 Å². The molecule has 0 unspecified atom stereocenters. The Kier molecular flexibility index (Phi) is 4.37. The fourth-order valence-electron chi connectivity index (χ4n) is 1.39. The standard InChI is InChI=1S/C11H15NO2S/c1-14-9-6-2-4-8(11(9)13)5-3-7-10(12)15/h2,4,6,13H,3,5,7H2,1H3,(H2,12,15). The van der Waals surface area contributed by atoms with Crippen LogP contribution in [0, 0.1) is 0 Å². The quantitative estimate of drug-likeness (QED) is 0.753. The van der Waals surface area contributed by atoms with Crippen molar-refractivity contribution in [3.63, 3.8) is 0 Å². The Hall–Kier alpha value is -1.29. The maximum Gasteiger partial charge on any atom is 0.160 e. The van der Waals surface area contributed by atoms with Crippen molar-refractivity contribution in [3.8, 4) is 11.5 Å². The Balaban J connectivity index is 2.64. The highest BCUT2D eigenvalue weighted by atomic mass is 32.1. The number of methoxy groups -OCH3 is 1. The first-order chi connectivity index (χ1) is 7.15. The molecule has 1 aromatic rings. The molecule has 0 saturated heterocycles. The zero-order chi connectivity index (χ0) is 11.3. The van der Waals surface area contributed by atoms with E-state index in [9.17, 15) is 5.11 Å². The van der Waals surface area contributed by atoms with Crippen LogP contribution in [0.3, 0.4) is 0 Å². The average Bonchev–Trinajstić information content (AvgIpc) is 2.20. The Morgan fingerprint density at radius 3 is 2.87 bits per heavy atom. The summed E-state index contributed by atoms with van der Waals surface area (Å²) in [6, 6.07) is 5.46. The summed E-state index contributed by atoms with van der Waals surface area (Å²) in [5.74, 6) is 0.714. The van der Waals surface area contributed by atoms with Crippen molar-refractivity contribution in [1.82, 2.24) is 0 Å². The summed E-state index contributed by atoms with van der Waals surface area (Å²) in [7, 11) is 1.54. The molecule has 3 nitrogen and oxygen atoms in total. The highest BCUT2D eigenvalue weighted by Crippen LogP contribution is 2.30. The minimum absolute atomic E-state index is 0.211. The molecule has 1 aromatic carbocycles. The van der Waals surface area contributed by atoms with Gasteiger partial charge in [0.05, 0.1) is 12.1 Å². The van der Waals surface area contributed by atoms with E-state index in [1.807, 2.05) is 12.1 Å². The number of ether oxygens (including phenoxy) is 1. The summed E-state index contributed by atoms with van der Waals surface area (Å²) in [6.45, 7) is 0. The highest BCUT2D eigenvalue weighted by molar-refractivity contribution is 7.80. The number of hydrogen-bond acceptors (Lipinski definition) is 3. The van der Waals surface area contributed by atoms with Gasteiger partial charge in [0, 0.05) is 0 Å². The molecule has 0 bridgehead atoms. The highest BCUT2D eigenvalue weighted by Gasteiger charge is 2.06. The molecule has 0 heterocycles. The number of phenols is 1. The van der Waals surface area contributed by atoms with Crippen LogP contribution in [0.5, 0.6) is 11.5 Å². The summed E-state index contributed by atoms with van der Waals surface area (Å²) in [5, 5.41) is 9.76. The number of hydrogen-bond donors (Lipinski definition) is 2. The molecule has 0 spiro atoms. The maximum absolute atomic E-state index is 9.76. The number of aromatic hydroxyl groups is 1. The molecule has 0 aliphatic rings. The summed E-state index contributed by atoms with van der Waals surface area (Å²) in [6.07, 6.45) is 2.29. The van der Waals surface area contributed by atoms with E-state index in [4.69, 9.17) is 22.7 Å². The van der Waals surface area contributed by atoms with Crippen molar-refractivity contribution in [1.29, 1.82) is 0 Å². The fraction of sp³-hybridized carbons (Fsp3) is 0.364. The third-order valence-corrected chi connectivity index (χ3v) is 2.38. The van der Waals surface area contributed by atoms with Crippen molar-refractivity contribution in [2.75, 3.05) is 7.11 Å². The van der Waals surface area contributed by atoms with Crippen LogP contribution in [0.15, 0.2) is 18.2 Å². The number of nitrogens with two attached hydrogens (primary N) is 1. The second-order valence-corrected chi connectivity index (χ2v) is 3.81. The lowest BCUT2D eigenvalue weighted by molar-refractivity contribution is 0.370. The van der Waals surface area contributed by atoms with Crippen molar-refractivity contribution in [3.05, 3.63) is 23.8 Å². The van der Waals surface area contributed by atoms with Gasteiger partial charge in [0.1, 0.15) is 0 Å². The van der Waals surface area contributed by atoms with Crippen LogP contribution >= 0.6 is 12.2 Å². The van der Waals surface area contributed by atoms with Gasteiger partial charge in [0.25, 0.3) is 0 Å². The molecule has 82 valence electrons. The normalized spacial score (nSPS) is 9.93. The number of rotatable bonds is 5. The monoisotopic (exact) mass is 225 g/mol. The van der Waals surface area contributed by atoms with Gasteiger partial charge in [-0.25, -0.2) is 0 Å². The molecule has 0 saturated carbocycles. The van der Waals surface area contributed by atoms with Gasteiger partial charge in [-0.3, -0.25) is 0 Å². The number of benzene rings is 1. The van der Waals surface area contributed by atoms with Gasteiger partial charge in [-0.05, 0) is 30.9 Å². The third-order valence-electron chi connectivity index (χ3n) is 2.17. The Morgan fingerprint density at radius 2 is 2.27 bits per heavy atom. The SMILES string of the molecule is COc1cccc(CCCC(N)=S)c1O. The maximum atomic E-state index is 9.76. The summed E-state index contributed by atoms with van der Waals surface area (Å²) >= 11 is 4.78. The van der Waals surface area contributed by atoms with Crippen LogP contribution in [0.1, 0.15) is 18.4 Å². The first-order valence-electron chi connectivity index (χ1n) is 4.78. The van der Waals surface area contributed by atoms with Crippen LogP contribution in [0.4, 0.5) is 0 Å². The second kappa shape index (κ2) is 5.56. The number of para-hydroxylation sites is 1. The van der Waals surface area contributed by atoms with E-state index in [0.717, 1.165) is 18.4 Å². The van der Waals surface area contributed by atoms with E-state index < -0.39 is 0 Å². The summed E-state index contributed by atoms with van der Waals surface area (Å²) in [5.41, 5.74) is 6.26. The molecule has 0 atom stereocenters. The van der Waals surface area contributed by atoms with Crippen molar-refractivity contribution >= 4 is 17.2 Å². The van der Waals surface area contributed by atoms with E-state index in [2.05, 4.69) is 0 Å². The minimum Gasteiger partial charge on any atom is -0.504 e. The lowest BCUT2D eigenvalue weighted by Crippen LogP contribution is -2.07. The zero-order valence-electron chi connectivity index (χ0n) is 8.69. The van der Waals surface area contributed by atoms with Crippen LogP contribution in [0.2, 0.25) is 0 Å². The molecule has 0 aliphatic carbocycles. The van der Waals surface area contributed by atoms with E-state index in [1.54, 1.807) is 6.07 Å². The first kappa shape index (κ1) is 11.8. The van der Waals surface area contributed by atoms with Gasteiger partial charge in [0.15, 0.2) is 11.5 Å². The smallest absolute Gasteiger partial charge is 0.160 e. The fourth-order valence-corrected chi connectivity index (χ4v) is 1.53. The van der Waals surface area contributed by atoms with Gasteiger partial charge in [-0.2, -0.15) is 0 Å². The van der Waals surface area contributed by atoms with Crippen molar-refractivity contribution in [2.45, 2.75) is 19.3 Å². The molecule has 1 rings (SSSR count). The predicted molar refractivity (Wildman–Crippen MR) is 64.4 cm³/mol. The molecule has 0 fully saturated rings. The van der Waals surface area contributed by atoms with E-state index in [0.29, 0.717) is 17.2 Å². The molecule has 0 aliphatic heterocycles. The molecule has 0 aromatic heterocycles. The van der Waals surface area contributed by atoms with Gasteiger partial charge >= 0.3 is 0 Å².